The van der Waals surface area contributed by atoms with E-state index < -0.39 is 17.7 Å². The lowest BCUT2D eigenvalue weighted by molar-refractivity contribution is -0.137. The molecule has 4 aromatic carbocycles. The Morgan fingerprint density at radius 2 is 1.44 bits per heavy atom. The largest absolute Gasteiger partial charge is 0.508 e. The fourth-order valence-corrected chi connectivity index (χ4v) is 3.90. The van der Waals surface area contributed by atoms with Gasteiger partial charge in [-0.25, -0.2) is 4.79 Å². The normalized spacial score (nSPS) is 11.6. The Hall–Kier alpha value is -4.47. The predicted molar refractivity (Wildman–Crippen MR) is 163 cm³/mol. The average molecular weight is 616 g/mol. The highest BCUT2D eigenvalue weighted by atomic mass is 35.5. The lowest BCUT2D eigenvalue weighted by Gasteiger charge is -2.15. The molecule has 1 atom stereocenters. The van der Waals surface area contributed by atoms with E-state index in [9.17, 15) is 28.2 Å². The topological polar surface area (TPSA) is 99.0 Å². The minimum Gasteiger partial charge on any atom is -0.508 e. The summed E-state index contributed by atoms with van der Waals surface area (Å²) in [6.07, 6.45) is -0.283. The zero-order chi connectivity index (χ0) is 30.5. The van der Waals surface area contributed by atoms with Crippen LogP contribution in [0.4, 0.5) is 13.2 Å². The Morgan fingerprint density at radius 1 is 0.814 bits per heavy atom. The molecule has 0 aliphatic carbocycles. The highest BCUT2D eigenvalue weighted by Gasteiger charge is 2.30. The number of halogens is 4. The first-order valence-corrected chi connectivity index (χ1v) is 13.1. The number of phenols is 3. The number of hydrogen-bond donors (Lipinski definition) is 4. The number of benzene rings is 4. The maximum Gasteiger partial charge on any atom is 0.416 e. The van der Waals surface area contributed by atoms with Crippen LogP contribution < -0.4 is 5.32 Å². The molecule has 0 heterocycles. The standard InChI is InChI=1S/C19H20F3NO2.C14H12O3.ClH/c1-14(12-15-6-5-9-17(13-15)19(20,21)22)23-10-11-25-18(24)16-7-3-2-4-8-16;15-12-5-3-10(4-6-12)1-2-11-7-13(16)9-14(17)8-11;/h2-9,13-14,23H,10-12H2,1H3;1-9,15-17H;1H. The van der Waals surface area contributed by atoms with Crippen LogP contribution in [-0.2, 0) is 17.3 Å². The predicted octanol–water partition coefficient (Wildman–Crippen LogP) is 7.48. The van der Waals surface area contributed by atoms with Gasteiger partial charge in [-0.15, -0.1) is 12.4 Å². The van der Waals surface area contributed by atoms with Crippen LogP contribution in [-0.4, -0.2) is 40.5 Å². The van der Waals surface area contributed by atoms with Gasteiger partial charge in [-0.3, -0.25) is 0 Å². The number of aromatic hydroxyl groups is 3. The van der Waals surface area contributed by atoms with Crippen molar-refractivity contribution in [2.75, 3.05) is 13.2 Å². The number of carbonyl (C=O) groups excluding carboxylic acids is 1. The number of hydrogen-bond acceptors (Lipinski definition) is 6. The summed E-state index contributed by atoms with van der Waals surface area (Å²) in [4.78, 5) is 11.8. The molecule has 0 aliphatic heterocycles. The summed E-state index contributed by atoms with van der Waals surface area (Å²) in [5.41, 5.74) is 2.07. The molecule has 4 aromatic rings. The molecule has 0 saturated heterocycles. The molecule has 4 N–H and O–H groups in total. The molecule has 0 aromatic heterocycles. The van der Waals surface area contributed by atoms with Gasteiger partial charge in [0.25, 0.3) is 0 Å². The molecule has 6 nitrogen and oxygen atoms in total. The Morgan fingerprint density at radius 3 is 2.07 bits per heavy atom. The Balaban J connectivity index is 0.000000313. The SMILES string of the molecule is CC(Cc1cccc(C(F)(F)F)c1)NCCOC(=O)c1ccccc1.Cl.Oc1ccc(C=Cc2cc(O)cc(O)c2)cc1. The van der Waals surface area contributed by atoms with Gasteiger partial charge in [0.1, 0.15) is 23.9 Å². The monoisotopic (exact) mass is 615 g/mol. The first-order valence-electron chi connectivity index (χ1n) is 13.1. The molecule has 0 spiro atoms. The van der Waals surface area contributed by atoms with E-state index in [4.69, 9.17) is 9.84 Å². The summed E-state index contributed by atoms with van der Waals surface area (Å²) in [7, 11) is 0. The van der Waals surface area contributed by atoms with Crippen LogP contribution in [0.5, 0.6) is 17.2 Å². The summed E-state index contributed by atoms with van der Waals surface area (Å²) in [6, 6.07) is 25.0. The van der Waals surface area contributed by atoms with Crippen LogP contribution >= 0.6 is 12.4 Å². The van der Waals surface area contributed by atoms with Gasteiger partial charge >= 0.3 is 12.1 Å². The van der Waals surface area contributed by atoms with E-state index >= 15 is 0 Å². The number of esters is 1. The minimum atomic E-state index is -4.34. The van der Waals surface area contributed by atoms with Crippen LogP contribution in [0.25, 0.3) is 12.2 Å². The van der Waals surface area contributed by atoms with E-state index in [0.717, 1.165) is 17.7 Å². The third-order valence-corrected chi connectivity index (χ3v) is 5.92. The van der Waals surface area contributed by atoms with E-state index in [1.807, 2.05) is 19.1 Å². The minimum absolute atomic E-state index is 0. The molecule has 228 valence electrons. The van der Waals surface area contributed by atoms with Crippen molar-refractivity contribution < 1.29 is 38.0 Å². The first kappa shape index (κ1) is 34.7. The number of rotatable bonds is 9. The Kier molecular flexibility index (Phi) is 13.6. The van der Waals surface area contributed by atoms with Crippen LogP contribution in [0.1, 0.15) is 39.5 Å². The van der Waals surface area contributed by atoms with E-state index in [1.54, 1.807) is 72.8 Å². The Labute approximate surface area is 254 Å². The number of phenolic OH excluding ortho intramolecular Hbond substituents is 3. The molecule has 0 amide bonds. The molecule has 0 fully saturated rings. The lowest BCUT2D eigenvalue weighted by Crippen LogP contribution is -2.31. The fraction of sp³-hybridized carbons (Fsp3) is 0.182. The van der Waals surface area contributed by atoms with Crippen molar-refractivity contribution in [3.63, 3.8) is 0 Å². The average Bonchev–Trinajstić information content (AvgIpc) is 2.95. The second-order valence-electron chi connectivity index (χ2n) is 9.47. The summed E-state index contributed by atoms with van der Waals surface area (Å²) < 4.78 is 43.3. The highest BCUT2D eigenvalue weighted by Crippen LogP contribution is 2.29. The number of alkyl halides is 3. The maximum atomic E-state index is 12.7. The van der Waals surface area contributed by atoms with Gasteiger partial charge in [-0.05, 0) is 72.5 Å². The molecular weight excluding hydrogens is 583 g/mol. The molecule has 4 rings (SSSR count). The second-order valence-corrected chi connectivity index (χ2v) is 9.47. The van der Waals surface area contributed by atoms with Gasteiger partial charge in [0.05, 0.1) is 11.1 Å². The summed E-state index contributed by atoms with van der Waals surface area (Å²) in [5.74, 6) is -0.129. The molecule has 10 heteroatoms. The summed E-state index contributed by atoms with van der Waals surface area (Å²) in [6.45, 7) is 2.50. The third-order valence-electron chi connectivity index (χ3n) is 5.92. The zero-order valence-corrected chi connectivity index (χ0v) is 24.1. The van der Waals surface area contributed by atoms with E-state index in [-0.39, 0.29) is 42.3 Å². The van der Waals surface area contributed by atoms with Gasteiger partial charge in [0.2, 0.25) is 0 Å². The van der Waals surface area contributed by atoms with Gasteiger partial charge in [0.15, 0.2) is 0 Å². The highest BCUT2D eigenvalue weighted by molar-refractivity contribution is 5.89. The summed E-state index contributed by atoms with van der Waals surface area (Å²) in [5, 5.41) is 30.9. The fourth-order valence-electron chi connectivity index (χ4n) is 3.90. The van der Waals surface area contributed by atoms with Gasteiger partial charge in [-0.1, -0.05) is 60.7 Å². The zero-order valence-electron chi connectivity index (χ0n) is 23.3. The molecule has 43 heavy (non-hydrogen) atoms. The van der Waals surface area contributed by atoms with Crippen LogP contribution in [0, 0.1) is 0 Å². The van der Waals surface area contributed by atoms with Crippen molar-refractivity contribution in [1.82, 2.24) is 5.32 Å². The van der Waals surface area contributed by atoms with Crippen molar-refractivity contribution in [1.29, 1.82) is 0 Å². The van der Waals surface area contributed by atoms with Crippen molar-refractivity contribution in [3.05, 3.63) is 125 Å². The third kappa shape index (κ3) is 12.5. The molecule has 0 aliphatic rings. The Bertz CT molecular complexity index is 1440. The second kappa shape index (κ2) is 16.8. The van der Waals surface area contributed by atoms with Crippen molar-refractivity contribution in [3.8, 4) is 17.2 Å². The van der Waals surface area contributed by atoms with Crippen molar-refractivity contribution in [2.45, 2.75) is 25.6 Å². The van der Waals surface area contributed by atoms with E-state index in [0.29, 0.717) is 29.7 Å². The van der Waals surface area contributed by atoms with Crippen molar-refractivity contribution >= 4 is 30.5 Å². The molecular formula is C33H33ClF3NO5. The maximum absolute atomic E-state index is 12.7. The van der Waals surface area contributed by atoms with Crippen LogP contribution in [0.3, 0.4) is 0 Å². The first-order chi connectivity index (χ1) is 20.0. The molecule has 0 bridgehead atoms. The van der Waals surface area contributed by atoms with Crippen LogP contribution in [0.15, 0.2) is 97.1 Å². The van der Waals surface area contributed by atoms with Crippen molar-refractivity contribution in [2.24, 2.45) is 0 Å². The number of ether oxygens (including phenoxy) is 1. The lowest BCUT2D eigenvalue weighted by atomic mass is 10.0. The number of nitrogens with one attached hydrogen (secondary N) is 1. The smallest absolute Gasteiger partial charge is 0.416 e. The summed E-state index contributed by atoms with van der Waals surface area (Å²) >= 11 is 0. The van der Waals surface area contributed by atoms with Crippen LogP contribution in [0.2, 0.25) is 0 Å². The molecule has 0 radical (unpaired) electrons. The van der Waals surface area contributed by atoms with E-state index in [2.05, 4.69) is 5.32 Å². The van der Waals surface area contributed by atoms with Gasteiger partial charge in [-0.2, -0.15) is 13.2 Å². The molecule has 1 unspecified atom stereocenters. The molecule has 0 saturated carbocycles. The number of carbonyl (C=O) groups is 1. The van der Waals surface area contributed by atoms with Gasteiger partial charge < -0.3 is 25.4 Å². The quantitative estimate of drug-likeness (QED) is 0.0885. The van der Waals surface area contributed by atoms with E-state index in [1.165, 1.54) is 12.1 Å². The van der Waals surface area contributed by atoms with Gasteiger partial charge in [0, 0.05) is 18.7 Å².